The van der Waals surface area contributed by atoms with E-state index in [9.17, 15) is 23.1 Å². The van der Waals surface area contributed by atoms with Crippen molar-refractivity contribution in [2.75, 3.05) is 19.6 Å². The molecular weight excluding hydrogens is 368 g/mol. The molecule has 2 aliphatic rings. The number of hydrogen-bond acceptors (Lipinski definition) is 4. The third kappa shape index (κ3) is 4.01. The number of aliphatic carboxylic acids is 1. The molecule has 0 aromatic heterocycles. The molecule has 0 aliphatic carbocycles. The first-order valence-corrected chi connectivity index (χ1v) is 10.9. The average molecular weight is 394 g/mol. The minimum atomic E-state index is -3.65. The van der Waals surface area contributed by atoms with Crippen LogP contribution in [0.5, 0.6) is 0 Å². The van der Waals surface area contributed by atoms with Crippen LogP contribution >= 0.6 is 0 Å². The van der Waals surface area contributed by atoms with E-state index in [1.54, 1.807) is 13.0 Å². The van der Waals surface area contributed by atoms with E-state index < -0.39 is 27.9 Å². The van der Waals surface area contributed by atoms with Gasteiger partial charge in [-0.3, -0.25) is 4.79 Å². The van der Waals surface area contributed by atoms with Crippen LogP contribution in [0, 0.1) is 6.92 Å². The average Bonchev–Trinajstić information content (AvgIpc) is 2.68. The highest BCUT2D eigenvalue weighted by molar-refractivity contribution is 7.89. The molecule has 1 amide bonds. The monoisotopic (exact) mass is 394 g/mol. The van der Waals surface area contributed by atoms with E-state index in [4.69, 9.17) is 0 Å². The van der Waals surface area contributed by atoms with Gasteiger partial charge in [-0.05, 0) is 56.7 Å². The Bertz CT molecular complexity index is 831. The Balaban J connectivity index is 1.93. The van der Waals surface area contributed by atoms with Gasteiger partial charge >= 0.3 is 5.97 Å². The lowest BCUT2D eigenvalue weighted by Crippen LogP contribution is -2.48. The maximum Gasteiger partial charge on any atom is 0.326 e. The zero-order chi connectivity index (χ0) is 19.6. The Morgan fingerprint density at radius 3 is 2.37 bits per heavy atom. The topological polar surface area (TPSA) is 95.0 Å². The molecule has 2 fully saturated rings. The van der Waals surface area contributed by atoms with Crippen molar-refractivity contribution in [3.63, 3.8) is 0 Å². The Morgan fingerprint density at radius 1 is 1.04 bits per heavy atom. The largest absolute Gasteiger partial charge is 0.480 e. The van der Waals surface area contributed by atoms with Crippen molar-refractivity contribution in [2.45, 2.75) is 56.4 Å². The molecule has 1 aromatic rings. The molecule has 27 heavy (non-hydrogen) atoms. The summed E-state index contributed by atoms with van der Waals surface area (Å²) < 4.78 is 27.3. The van der Waals surface area contributed by atoms with Gasteiger partial charge in [0.2, 0.25) is 10.0 Å². The van der Waals surface area contributed by atoms with E-state index in [2.05, 4.69) is 0 Å². The van der Waals surface area contributed by atoms with Gasteiger partial charge in [0, 0.05) is 25.2 Å². The van der Waals surface area contributed by atoms with Crippen molar-refractivity contribution in [1.29, 1.82) is 0 Å². The molecule has 0 saturated carbocycles. The van der Waals surface area contributed by atoms with Crippen LogP contribution in [-0.4, -0.2) is 60.3 Å². The fourth-order valence-corrected chi connectivity index (χ4v) is 5.38. The second-order valence-electron chi connectivity index (χ2n) is 7.29. The predicted molar refractivity (Wildman–Crippen MR) is 100 cm³/mol. The van der Waals surface area contributed by atoms with Crippen LogP contribution in [0.1, 0.15) is 54.4 Å². The number of benzene rings is 1. The van der Waals surface area contributed by atoms with E-state index in [0.29, 0.717) is 31.6 Å². The molecule has 1 N–H and O–H groups in total. The van der Waals surface area contributed by atoms with Gasteiger partial charge in [-0.25, -0.2) is 13.2 Å². The number of carboxylic acid groups (broad SMARTS) is 1. The van der Waals surface area contributed by atoms with E-state index in [-0.39, 0.29) is 10.5 Å². The number of piperidine rings is 2. The molecule has 1 atom stereocenters. The number of nitrogens with zero attached hydrogens (tertiary/aromatic N) is 2. The standard InChI is InChI=1S/C19H26N2O5S/c1-14-8-9-15(27(25,26)20-10-4-2-5-11-20)13-16(14)18(22)21-12-6-3-7-17(21)19(23)24/h8-9,13,17H,2-7,10-12H2,1H3,(H,23,24)/t17-/m0/s1. The van der Waals surface area contributed by atoms with Crippen molar-refractivity contribution >= 4 is 21.9 Å². The Kier molecular flexibility index (Phi) is 5.86. The summed E-state index contributed by atoms with van der Waals surface area (Å²) in [5.41, 5.74) is 0.911. The summed E-state index contributed by atoms with van der Waals surface area (Å²) in [5.74, 6) is -1.42. The van der Waals surface area contributed by atoms with Gasteiger partial charge in [-0.2, -0.15) is 4.31 Å². The second-order valence-corrected chi connectivity index (χ2v) is 9.23. The Labute approximate surface area is 160 Å². The first kappa shape index (κ1) is 19.8. The van der Waals surface area contributed by atoms with E-state index in [0.717, 1.165) is 32.1 Å². The van der Waals surface area contributed by atoms with Crippen LogP contribution < -0.4 is 0 Å². The molecule has 2 heterocycles. The van der Waals surface area contributed by atoms with Gasteiger partial charge < -0.3 is 10.0 Å². The molecular formula is C19H26N2O5S. The summed E-state index contributed by atoms with van der Waals surface area (Å²) in [7, 11) is -3.65. The highest BCUT2D eigenvalue weighted by atomic mass is 32.2. The summed E-state index contributed by atoms with van der Waals surface area (Å²) >= 11 is 0. The minimum absolute atomic E-state index is 0.0993. The molecule has 8 heteroatoms. The van der Waals surface area contributed by atoms with Crippen LogP contribution in [0.3, 0.4) is 0 Å². The summed E-state index contributed by atoms with van der Waals surface area (Å²) in [6, 6.07) is 3.72. The fraction of sp³-hybridized carbons (Fsp3) is 0.579. The zero-order valence-electron chi connectivity index (χ0n) is 15.6. The molecule has 3 rings (SSSR count). The van der Waals surface area contributed by atoms with Crippen molar-refractivity contribution in [3.05, 3.63) is 29.3 Å². The number of sulfonamides is 1. The molecule has 2 saturated heterocycles. The number of carbonyl (C=O) groups is 2. The number of hydrogen-bond donors (Lipinski definition) is 1. The normalized spacial score (nSPS) is 21.8. The minimum Gasteiger partial charge on any atom is -0.480 e. The van der Waals surface area contributed by atoms with Gasteiger partial charge in [-0.1, -0.05) is 12.5 Å². The number of likely N-dealkylation sites (tertiary alicyclic amines) is 1. The lowest BCUT2D eigenvalue weighted by Gasteiger charge is -2.33. The zero-order valence-corrected chi connectivity index (χ0v) is 16.4. The van der Waals surface area contributed by atoms with Crippen molar-refractivity contribution < 1.29 is 23.1 Å². The third-order valence-electron chi connectivity index (χ3n) is 5.44. The summed E-state index contributed by atoms with van der Waals surface area (Å²) in [5, 5.41) is 9.43. The fourth-order valence-electron chi connectivity index (χ4n) is 3.83. The molecule has 1 aromatic carbocycles. The van der Waals surface area contributed by atoms with E-state index in [1.165, 1.54) is 21.3 Å². The SMILES string of the molecule is Cc1ccc(S(=O)(=O)N2CCCCC2)cc1C(=O)N1CCCC[C@H]1C(=O)O. The number of carboxylic acids is 1. The number of amides is 1. The number of carbonyl (C=O) groups excluding carboxylic acids is 1. The first-order valence-electron chi connectivity index (χ1n) is 9.47. The van der Waals surface area contributed by atoms with Crippen LogP contribution in [0.25, 0.3) is 0 Å². The Morgan fingerprint density at radius 2 is 1.70 bits per heavy atom. The highest BCUT2D eigenvalue weighted by Gasteiger charge is 2.34. The van der Waals surface area contributed by atoms with Crippen molar-refractivity contribution in [1.82, 2.24) is 9.21 Å². The quantitative estimate of drug-likeness (QED) is 0.845. The van der Waals surface area contributed by atoms with E-state index in [1.807, 2.05) is 0 Å². The lowest BCUT2D eigenvalue weighted by molar-refractivity contribution is -0.143. The third-order valence-corrected chi connectivity index (χ3v) is 7.34. The summed E-state index contributed by atoms with van der Waals surface area (Å²) in [6.45, 7) is 3.10. The summed E-state index contributed by atoms with van der Waals surface area (Å²) in [6.07, 6.45) is 4.64. The highest BCUT2D eigenvalue weighted by Crippen LogP contribution is 2.26. The van der Waals surface area contributed by atoms with Crippen molar-refractivity contribution in [2.24, 2.45) is 0 Å². The van der Waals surface area contributed by atoms with Gasteiger partial charge in [0.1, 0.15) is 6.04 Å². The van der Waals surface area contributed by atoms with Crippen LogP contribution in [-0.2, 0) is 14.8 Å². The number of rotatable bonds is 4. The van der Waals surface area contributed by atoms with Crippen molar-refractivity contribution in [3.8, 4) is 0 Å². The smallest absolute Gasteiger partial charge is 0.326 e. The molecule has 148 valence electrons. The van der Waals surface area contributed by atoms with Gasteiger partial charge in [0.15, 0.2) is 0 Å². The Hall–Kier alpha value is -1.93. The molecule has 0 radical (unpaired) electrons. The van der Waals surface area contributed by atoms with Crippen LogP contribution in [0.15, 0.2) is 23.1 Å². The van der Waals surface area contributed by atoms with Gasteiger partial charge in [-0.15, -0.1) is 0 Å². The lowest BCUT2D eigenvalue weighted by atomic mass is 9.99. The summed E-state index contributed by atoms with van der Waals surface area (Å²) in [4.78, 5) is 26.0. The van der Waals surface area contributed by atoms with Gasteiger partial charge in [0.25, 0.3) is 5.91 Å². The second kappa shape index (κ2) is 7.98. The van der Waals surface area contributed by atoms with Gasteiger partial charge in [0.05, 0.1) is 4.90 Å². The molecule has 0 bridgehead atoms. The molecule has 0 spiro atoms. The maximum atomic E-state index is 13.0. The number of aryl methyl sites for hydroxylation is 1. The first-order chi connectivity index (χ1) is 12.8. The molecule has 0 unspecified atom stereocenters. The van der Waals surface area contributed by atoms with E-state index >= 15 is 0 Å². The molecule has 2 aliphatic heterocycles. The van der Waals surface area contributed by atoms with Crippen LogP contribution in [0.2, 0.25) is 0 Å². The van der Waals surface area contributed by atoms with Crippen LogP contribution in [0.4, 0.5) is 0 Å². The maximum absolute atomic E-state index is 13.0. The predicted octanol–water partition coefficient (Wildman–Crippen LogP) is 2.25. The molecule has 7 nitrogen and oxygen atoms in total.